The summed E-state index contributed by atoms with van der Waals surface area (Å²) >= 11 is 0. The molecule has 2 N–H and O–H groups in total. The minimum Gasteiger partial charge on any atom is -0.395 e. The molecule has 5 nitrogen and oxygen atoms in total. The molecule has 0 aromatic carbocycles. The maximum Gasteiger partial charge on any atom is 0.435 e. The summed E-state index contributed by atoms with van der Waals surface area (Å²) in [4.78, 5) is 11.5. The highest BCUT2D eigenvalue weighted by molar-refractivity contribution is 5.78. The zero-order valence-corrected chi connectivity index (χ0v) is 10.7. The number of hydrogen-bond acceptors (Lipinski definition) is 3. The number of amides is 1. The standard InChI is InChI=1S/C11H16F3N3O2/c1-7(10(19)15-3-4-18)6-17-8(2)5-9(16-17)11(12,13)14/h5,7,18H,3-4,6H2,1-2H3,(H,15,19). The van der Waals surface area contributed by atoms with Gasteiger partial charge in [-0.25, -0.2) is 0 Å². The number of aryl methyl sites for hydroxylation is 1. The van der Waals surface area contributed by atoms with E-state index >= 15 is 0 Å². The van der Waals surface area contributed by atoms with Crippen LogP contribution in [0.4, 0.5) is 13.2 Å². The molecule has 0 bridgehead atoms. The number of alkyl halides is 3. The van der Waals surface area contributed by atoms with E-state index in [-0.39, 0.29) is 25.6 Å². The molecule has 1 atom stereocenters. The molecule has 1 aromatic heterocycles. The van der Waals surface area contributed by atoms with Crippen molar-refractivity contribution in [2.24, 2.45) is 5.92 Å². The molecule has 19 heavy (non-hydrogen) atoms. The number of carbonyl (C=O) groups is 1. The van der Waals surface area contributed by atoms with Gasteiger partial charge in [0.2, 0.25) is 5.91 Å². The van der Waals surface area contributed by atoms with Gasteiger partial charge in [-0.2, -0.15) is 18.3 Å². The minimum absolute atomic E-state index is 0.0547. The van der Waals surface area contributed by atoms with E-state index in [2.05, 4.69) is 10.4 Å². The fourth-order valence-corrected chi connectivity index (χ4v) is 1.53. The Balaban J connectivity index is 2.72. The maximum atomic E-state index is 12.5. The first kappa shape index (κ1) is 15.5. The summed E-state index contributed by atoms with van der Waals surface area (Å²) in [5.41, 5.74) is -0.623. The highest BCUT2D eigenvalue weighted by Crippen LogP contribution is 2.28. The van der Waals surface area contributed by atoms with Crippen molar-refractivity contribution in [3.8, 4) is 0 Å². The average Bonchev–Trinajstić information content (AvgIpc) is 2.67. The van der Waals surface area contributed by atoms with Crippen LogP contribution in [0.15, 0.2) is 6.07 Å². The third-order valence-electron chi connectivity index (χ3n) is 2.58. The van der Waals surface area contributed by atoms with Gasteiger partial charge in [0.1, 0.15) is 0 Å². The van der Waals surface area contributed by atoms with Crippen LogP contribution in [0.2, 0.25) is 0 Å². The van der Waals surface area contributed by atoms with E-state index in [4.69, 9.17) is 5.11 Å². The van der Waals surface area contributed by atoms with Crippen molar-refractivity contribution >= 4 is 5.91 Å². The van der Waals surface area contributed by atoms with Crippen molar-refractivity contribution in [2.45, 2.75) is 26.6 Å². The van der Waals surface area contributed by atoms with Crippen LogP contribution in [0.25, 0.3) is 0 Å². The summed E-state index contributed by atoms with van der Waals surface area (Å²) in [7, 11) is 0. The Morgan fingerprint density at radius 3 is 2.68 bits per heavy atom. The molecule has 0 saturated carbocycles. The number of aliphatic hydroxyl groups is 1. The summed E-state index contributed by atoms with van der Waals surface area (Å²) < 4.78 is 38.5. The lowest BCUT2D eigenvalue weighted by Crippen LogP contribution is -2.33. The van der Waals surface area contributed by atoms with Gasteiger partial charge in [0.15, 0.2) is 5.69 Å². The van der Waals surface area contributed by atoms with E-state index in [1.165, 1.54) is 6.92 Å². The predicted octanol–water partition coefficient (Wildman–Crippen LogP) is 0.955. The zero-order valence-electron chi connectivity index (χ0n) is 10.7. The van der Waals surface area contributed by atoms with Crippen molar-refractivity contribution < 1.29 is 23.1 Å². The summed E-state index contributed by atoms with van der Waals surface area (Å²) in [6.07, 6.45) is -4.49. The number of aromatic nitrogens is 2. The second-order valence-electron chi connectivity index (χ2n) is 4.27. The van der Waals surface area contributed by atoms with Gasteiger partial charge in [-0.15, -0.1) is 0 Å². The SMILES string of the molecule is Cc1cc(C(F)(F)F)nn1CC(C)C(=O)NCCO. The van der Waals surface area contributed by atoms with Crippen molar-refractivity contribution in [1.29, 1.82) is 0 Å². The molecular formula is C11H16F3N3O2. The number of nitrogens with one attached hydrogen (secondary N) is 1. The van der Waals surface area contributed by atoms with Crippen LogP contribution < -0.4 is 5.32 Å². The monoisotopic (exact) mass is 279 g/mol. The fraction of sp³-hybridized carbons (Fsp3) is 0.636. The van der Waals surface area contributed by atoms with E-state index < -0.39 is 17.8 Å². The molecule has 1 aromatic rings. The smallest absolute Gasteiger partial charge is 0.395 e. The molecular weight excluding hydrogens is 263 g/mol. The Kier molecular flexibility index (Phi) is 4.93. The van der Waals surface area contributed by atoms with Gasteiger partial charge in [0.25, 0.3) is 0 Å². The van der Waals surface area contributed by atoms with Gasteiger partial charge >= 0.3 is 6.18 Å². The van der Waals surface area contributed by atoms with Gasteiger partial charge in [-0.05, 0) is 13.0 Å². The first-order chi connectivity index (χ1) is 8.75. The molecule has 1 rings (SSSR count). The molecule has 0 spiro atoms. The van der Waals surface area contributed by atoms with Crippen LogP contribution in [-0.4, -0.2) is 33.9 Å². The molecule has 0 aliphatic rings. The topological polar surface area (TPSA) is 67.2 Å². The van der Waals surface area contributed by atoms with Crippen LogP contribution in [0.3, 0.4) is 0 Å². The highest BCUT2D eigenvalue weighted by atomic mass is 19.4. The van der Waals surface area contributed by atoms with Crippen LogP contribution >= 0.6 is 0 Å². The van der Waals surface area contributed by atoms with Gasteiger partial charge in [0.05, 0.1) is 19.1 Å². The van der Waals surface area contributed by atoms with E-state index in [9.17, 15) is 18.0 Å². The normalized spacial score (nSPS) is 13.4. The van der Waals surface area contributed by atoms with Gasteiger partial charge in [-0.1, -0.05) is 6.92 Å². The third-order valence-corrected chi connectivity index (χ3v) is 2.58. The van der Waals surface area contributed by atoms with Crippen LogP contribution in [0, 0.1) is 12.8 Å². The van der Waals surface area contributed by atoms with Crippen molar-refractivity contribution in [1.82, 2.24) is 15.1 Å². The molecule has 0 radical (unpaired) electrons. The Bertz CT molecular complexity index is 443. The lowest BCUT2D eigenvalue weighted by Gasteiger charge is -2.12. The second-order valence-corrected chi connectivity index (χ2v) is 4.27. The maximum absolute atomic E-state index is 12.5. The molecule has 0 saturated heterocycles. The molecule has 0 aliphatic heterocycles. The van der Waals surface area contributed by atoms with Crippen molar-refractivity contribution in [3.05, 3.63) is 17.5 Å². The number of hydrogen-bond donors (Lipinski definition) is 2. The molecule has 0 aliphatic carbocycles. The quantitative estimate of drug-likeness (QED) is 0.843. The Hall–Kier alpha value is -1.57. The van der Waals surface area contributed by atoms with E-state index in [0.29, 0.717) is 5.69 Å². The van der Waals surface area contributed by atoms with Crippen molar-refractivity contribution in [3.63, 3.8) is 0 Å². The first-order valence-corrected chi connectivity index (χ1v) is 5.76. The number of rotatable bonds is 5. The van der Waals surface area contributed by atoms with E-state index in [0.717, 1.165) is 10.7 Å². The lowest BCUT2D eigenvalue weighted by molar-refractivity contribution is -0.141. The molecule has 1 unspecified atom stereocenters. The summed E-state index contributed by atoms with van der Waals surface area (Å²) in [6.45, 7) is 3.08. The minimum atomic E-state index is -4.49. The predicted molar refractivity (Wildman–Crippen MR) is 61.2 cm³/mol. The fourth-order valence-electron chi connectivity index (χ4n) is 1.53. The first-order valence-electron chi connectivity index (χ1n) is 5.76. The molecule has 108 valence electrons. The molecule has 1 amide bonds. The van der Waals surface area contributed by atoms with Crippen LogP contribution in [-0.2, 0) is 17.5 Å². The second kappa shape index (κ2) is 6.05. The Morgan fingerprint density at radius 2 is 2.21 bits per heavy atom. The van der Waals surface area contributed by atoms with Gasteiger partial charge in [0, 0.05) is 12.2 Å². The summed E-state index contributed by atoms with van der Waals surface area (Å²) in [5, 5.41) is 14.5. The average molecular weight is 279 g/mol. The molecule has 0 fully saturated rings. The number of aliphatic hydroxyl groups excluding tert-OH is 1. The summed E-state index contributed by atoms with van der Waals surface area (Å²) in [6, 6.07) is 0.943. The number of nitrogens with zero attached hydrogens (tertiary/aromatic N) is 2. The van der Waals surface area contributed by atoms with Crippen LogP contribution in [0.5, 0.6) is 0 Å². The van der Waals surface area contributed by atoms with Crippen molar-refractivity contribution in [2.75, 3.05) is 13.2 Å². The molecule has 1 heterocycles. The largest absolute Gasteiger partial charge is 0.435 e. The zero-order chi connectivity index (χ0) is 14.6. The number of halogens is 3. The highest BCUT2D eigenvalue weighted by Gasteiger charge is 2.34. The van der Waals surface area contributed by atoms with E-state index in [1.807, 2.05) is 0 Å². The van der Waals surface area contributed by atoms with E-state index in [1.54, 1.807) is 6.92 Å². The molecule has 8 heteroatoms. The van der Waals surface area contributed by atoms with Gasteiger partial charge in [-0.3, -0.25) is 9.48 Å². The van der Waals surface area contributed by atoms with Crippen LogP contribution in [0.1, 0.15) is 18.3 Å². The Labute approximate surface area is 108 Å². The Morgan fingerprint density at radius 1 is 1.58 bits per heavy atom. The third kappa shape index (κ3) is 4.23. The number of carbonyl (C=O) groups excluding carboxylic acids is 1. The lowest BCUT2D eigenvalue weighted by atomic mass is 10.1. The van der Waals surface area contributed by atoms with Gasteiger partial charge < -0.3 is 10.4 Å². The summed E-state index contributed by atoms with van der Waals surface area (Å²) in [5.74, 6) is -0.872.